The van der Waals surface area contributed by atoms with E-state index in [1.807, 2.05) is 27.7 Å². The Morgan fingerprint density at radius 3 is 2.24 bits per heavy atom. The lowest BCUT2D eigenvalue weighted by atomic mass is 9.89. The van der Waals surface area contributed by atoms with Crippen molar-refractivity contribution in [3.8, 4) is 0 Å². The first-order chi connectivity index (χ1) is 13.4. The van der Waals surface area contributed by atoms with Gasteiger partial charge in [-0.2, -0.15) is 0 Å². The van der Waals surface area contributed by atoms with Crippen LogP contribution in [0.5, 0.6) is 0 Å². The third kappa shape index (κ3) is 5.36. The van der Waals surface area contributed by atoms with Crippen LogP contribution in [-0.4, -0.2) is 53.2 Å². The number of likely N-dealkylation sites (tertiary alicyclic amines) is 1. The van der Waals surface area contributed by atoms with Crippen LogP contribution in [0.15, 0.2) is 17.1 Å². The predicted octanol–water partition coefficient (Wildman–Crippen LogP) is 2.34. The number of pyridine rings is 1. The van der Waals surface area contributed by atoms with E-state index in [-0.39, 0.29) is 22.9 Å². The number of carbonyl (C=O) groups is 3. The van der Waals surface area contributed by atoms with E-state index in [1.165, 1.54) is 30.9 Å². The summed E-state index contributed by atoms with van der Waals surface area (Å²) in [5.41, 5.74) is -1.33. The summed E-state index contributed by atoms with van der Waals surface area (Å²) in [7, 11) is 1.23. The molecule has 0 unspecified atom stereocenters. The second kappa shape index (κ2) is 8.26. The van der Waals surface area contributed by atoms with Crippen LogP contribution in [0.1, 0.15) is 57.8 Å². The fourth-order valence-electron chi connectivity index (χ4n) is 3.26. The zero-order valence-corrected chi connectivity index (χ0v) is 17.8. The highest BCUT2D eigenvalue weighted by Crippen LogP contribution is 2.30. The molecule has 1 N–H and O–H groups in total. The lowest BCUT2D eigenvalue weighted by Gasteiger charge is -2.41. The second-order valence-corrected chi connectivity index (χ2v) is 8.45. The molecule has 1 aliphatic heterocycles. The predicted molar refractivity (Wildman–Crippen MR) is 107 cm³/mol. The first-order valence-electron chi connectivity index (χ1n) is 9.47. The van der Waals surface area contributed by atoms with Gasteiger partial charge in [0.15, 0.2) is 0 Å². The minimum absolute atomic E-state index is 0.0955. The smallest absolute Gasteiger partial charge is 0.410 e. The number of esters is 1. The standard InChI is InChI=1S/C20H29N3O6/c1-13(24)21-15-11-16(25)23(12-14(15)17(26)28-6)20(5)7-9-22(10-8-20)18(27)29-19(2,3)4/h11-12H,7-10H2,1-6H3,(H,21,24). The van der Waals surface area contributed by atoms with Crippen molar-refractivity contribution in [2.45, 2.75) is 58.6 Å². The highest BCUT2D eigenvalue weighted by molar-refractivity contribution is 6.00. The van der Waals surface area contributed by atoms with Crippen LogP contribution in [-0.2, 0) is 19.8 Å². The lowest BCUT2D eigenvalue weighted by molar-refractivity contribution is -0.114. The molecule has 2 rings (SSSR count). The molecule has 1 saturated heterocycles. The van der Waals surface area contributed by atoms with Crippen molar-refractivity contribution in [1.82, 2.24) is 9.47 Å². The molecule has 0 spiro atoms. The number of piperidine rings is 1. The topological polar surface area (TPSA) is 107 Å². The Morgan fingerprint density at radius 2 is 1.76 bits per heavy atom. The molecule has 2 heterocycles. The number of anilines is 1. The van der Waals surface area contributed by atoms with E-state index >= 15 is 0 Å². The summed E-state index contributed by atoms with van der Waals surface area (Å²) < 4.78 is 11.7. The molecule has 0 aromatic carbocycles. The Morgan fingerprint density at radius 1 is 1.17 bits per heavy atom. The van der Waals surface area contributed by atoms with Crippen LogP contribution >= 0.6 is 0 Å². The minimum atomic E-state index is -0.655. The molecular formula is C20H29N3O6. The molecule has 2 amide bonds. The summed E-state index contributed by atoms with van der Waals surface area (Å²) in [5, 5.41) is 2.49. The average molecular weight is 407 g/mol. The monoisotopic (exact) mass is 407 g/mol. The highest BCUT2D eigenvalue weighted by atomic mass is 16.6. The number of hydrogen-bond donors (Lipinski definition) is 1. The van der Waals surface area contributed by atoms with Crippen molar-refractivity contribution in [2.75, 3.05) is 25.5 Å². The Labute approximate surface area is 170 Å². The van der Waals surface area contributed by atoms with Gasteiger partial charge in [0.2, 0.25) is 5.91 Å². The number of methoxy groups -OCH3 is 1. The lowest BCUT2D eigenvalue weighted by Crippen LogP contribution is -2.50. The molecule has 1 aromatic rings. The van der Waals surface area contributed by atoms with Gasteiger partial charge < -0.3 is 24.3 Å². The third-order valence-corrected chi connectivity index (χ3v) is 4.84. The van der Waals surface area contributed by atoms with E-state index in [4.69, 9.17) is 9.47 Å². The molecule has 0 bridgehead atoms. The molecular weight excluding hydrogens is 378 g/mol. The maximum absolute atomic E-state index is 12.7. The maximum Gasteiger partial charge on any atom is 0.410 e. The Hall–Kier alpha value is -2.84. The van der Waals surface area contributed by atoms with Crippen LogP contribution in [0, 0.1) is 0 Å². The summed E-state index contributed by atoms with van der Waals surface area (Å²) in [6, 6.07) is 1.22. The number of nitrogens with one attached hydrogen (secondary N) is 1. The van der Waals surface area contributed by atoms with Gasteiger partial charge in [0.1, 0.15) is 5.60 Å². The number of nitrogens with zero attached hydrogens (tertiary/aromatic N) is 2. The van der Waals surface area contributed by atoms with Gasteiger partial charge >= 0.3 is 12.1 Å². The minimum Gasteiger partial charge on any atom is -0.465 e. The number of hydrogen-bond acceptors (Lipinski definition) is 6. The summed E-state index contributed by atoms with van der Waals surface area (Å²) >= 11 is 0. The van der Waals surface area contributed by atoms with Gasteiger partial charge in [-0.25, -0.2) is 9.59 Å². The van der Waals surface area contributed by atoms with Gasteiger partial charge in [-0.1, -0.05) is 0 Å². The number of carbonyl (C=O) groups excluding carboxylic acids is 3. The van der Waals surface area contributed by atoms with E-state index in [0.29, 0.717) is 25.9 Å². The molecule has 1 fully saturated rings. The summed E-state index contributed by atoms with van der Waals surface area (Å²) in [4.78, 5) is 50.3. The first-order valence-corrected chi connectivity index (χ1v) is 9.47. The molecule has 29 heavy (non-hydrogen) atoms. The molecule has 0 saturated carbocycles. The van der Waals surface area contributed by atoms with Crippen LogP contribution in [0.2, 0.25) is 0 Å². The average Bonchev–Trinajstić information content (AvgIpc) is 2.59. The number of aromatic nitrogens is 1. The van der Waals surface area contributed by atoms with Crippen LogP contribution in [0.4, 0.5) is 10.5 Å². The fraction of sp³-hybridized carbons (Fsp3) is 0.600. The number of ether oxygens (including phenoxy) is 2. The van der Waals surface area contributed by atoms with Gasteiger partial charge in [-0.05, 0) is 40.5 Å². The molecule has 9 nitrogen and oxygen atoms in total. The van der Waals surface area contributed by atoms with E-state index < -0.39 is 23.0 Å². The second-order valence-electron chi connectivity index (χ2n) is 8.45. The van der Waals surface area contributed by atoms with E-state index in [2.05, 4.69) is 5.32 Å². The van der Waals surface area contributed by atoms with Gasteiger partial charge in [0, 0.05) is 37.8 Å². The Balaban J connectivity index is 2.30. The molecule has 1 aliphatic rings. The van der Waals surface area contributed by atoms with Gasteiger partial charge in [0.25, 0.3) is 5.56 Å². The highest BCUT2D eigenvalue weighted by Gasteiger charge is 2.36. The van der Waals surface area contributed by atoms with E-state index in [0.717, 1.165) is 0 Å². The van der Waals surface area contributed by atoms with Crippen LogP contribution in [0.3, 0.4) is 0 Å². The van der Waals surface area contributed by atoms with Crippen molar-refractivity contribution in [3.63, 3.8) is 0 Å². The SMILES string of the molecule is COC(=O)c1cn(C2(C)CCN(C(=O)OC(C)(C)C)CC2)c(=O)cc1NC(C)=O. The zero-order chi connectivity index (χ0) is 22.0. The summed E-state index contributed by atoms with van der Waals surface area (Å²) in [6.45, 7) is 9.45. The maximum atomic E-state index is 12.7. The van der Waals surface area contributed by atoms with Gasteiger partial charge in [-0.15, -0.1) is 0 Å². The molecule has 0 aliphatic carbocycles. The van der Waals surface area contributed by atoms with Crippen LogP contribution in [0.25, 0.3) is 0 Å². The Bertz CT molecular complexity index is 860. The van der Waals surface area contributed by atoms with Gasteiger partial charge in [-0.3, -0.25) is 9.59 Å². The van der Waals surface area contributed by atoms with Crippen LogP contribution < -0.4 is 10.9 Å². The van der Waals surface area contributed by atoms with Gasteiger partial charge in [0.05, 0.1) is 18.4 Å². The summed E-state index contributed by atoms with van der Waals surface area (Å²) in [5.74, 6) is -1.05. The number of rotatable bonds is 3. The molecule has 0 atom stereocenters. The van der Waals surface area contributed by atoms with Crippen molar-refractivity contribution in [3.05, 3.63) is 28.2 Å². The van der Waals surface area contributed by atoms with E-state index in [9.17, 15) is 19.2 Å². The summed E-state index contributed by atoms with van der Waals surface area (Å²) in [6.07, 6.45) is 2.05. The quantitative estimate of drug-likeness (QED) is 0.771. The first kappa shape index (κ1) is 22.4. The Kier molecular flexibility index (Phi) is 6.40. The van der Waals surface area contributed by atoms with Crippen molar-refractivity contribution < 1.29 is 23.9 Å². The zero-order valence-electron chi connectivity index (χ0n) is 17.8. The van der Waals surface area contributed by atoms with Crippen molar-refractivity contribution >= 4 is 23.7 Å². The molecule has 1 aromatic heterocycles. The fourth-order valence-corrected chi connectivity index (χ4v) is 3.26. The molecule has 0 radical (unpaired) electrons. The largest absolute Gasteiger partial charge is 0.465 e. The van der Waals surface area contributed by atoms with E-state index in [1.54, 1.807) is 4.90 Å². The van der Waals surface area contributed by atoms with Crippen molar-refractivity contribution in [2.24, 2.45) is 0 Å². The third-order valence-electron chi connectivity index (χ3n) is 4.84. The normalized spacial score (nSPS) is 16.1. The number of amides is 2. The molecule has 160 valence electrons. The molecule has 9 heteroatoms. The van der Waals surface area contributed by atoms with Crippen molar-refractivity contribution in [1.29, 1.82) is 0 Å².